The molecule has 1 atom stereocenters. The molecular formula is C12H20Cl2O4. The molecule has 1 unspecified atom stereocenters. The predicted molar refractivity (Wildman–Crippen MR) is 71.2 cm³/mol. The van der Waals surface area contributed by atoms with Gasteiger partial charge in [0.05, 0.1) is 6.10 Å². The third-order valence-electron chi connectivity index (χ3n) is 2.85. The molecule has 0 radical (unpaired) electrons. The van der Waals surface area contributed by atoms with Gasteiger partial charge in [0, 0.05) is 11.8 Å². The van der Waals surface area contributed by atoms with E-state index in [1.54, 1.807) is 6.92 Å². The second-order valence-corrected chi connectivity index (χ2v) is 5.03. The molecule has 0 heterocycles. The lowest BCUT2D eigenvalue weighted by atomic mass is 9.82. The van der Waals surface area contributed by atoms with E-state index in [9.17, 15) is 14.7 Å². The lowest BCUT2D eigenvalue weighted by Crippen LogP contribution is -2.42. The van der Waals surface area contributed by atoms with Crippen molar-refractivity contribution in [3.63, 3.8) is 0 Å². The molecule has 0 fully saturated rings. The third-order valence-corrected chi connectivity index (χ3v) is 3.22. The number of carbonyl (C=O) groups is 2. The van der Waals surface area contributed by atoms with Crippen LogP contribution in [0.4, 0.5) is 0 Å². The minimum atomic E-state index is -1.62. The van der Waals surface area contributed by atoms with Gasteiger partial charge in [-0.2, -0.15) is 0 Å². The Hall–Kier alpha value is -0.480. The van der Waals surface area contributed by atoms with Gasteiger partial charge < -0.3 is 9.84 Å². The zero-order chi connectivity index (χ0) is 14.2. The highest BCUT2D eigenvalue weighted by Crippen LogP contribution is 2.31. The van der Waals surface area contributed by atoms with Crippen LogP contribution in [0.2, 0.25) is 0 Å². The van der Waals surface area contributed by atoms with Crippen molar-refractivity contribution in [2.45, 2.75) is 45.6 Å². The van der Waals surface area contributed by atoms with Crippen LogP contribution in [0.3, 0.4) is 0 Å². The van der Waals surface area contributed by atoms with Gasteiger partial charge in [-0.15, -0.1) is 23.2 Å². The molecule has 0 aliphatic rings. The topological polar surface area (TPSA) is 63.6 Å². The van der Waals surface area contributed by atoms with Crippen LogP contribution in [0.15, 0.2) is 0 Å². The van der Waals surface area contributed by atoms with E-state index in [2.05, 4.69) is 0 Å². The maximum Gasteiger partial charge on any atom is 0.323 e. The molecule has 0 aromatic heterocycles. The number of esters is 1. The van der Waals surface area contributed by atoms with Crippen molar-refractivity contribution < 1.29 is 19.4 Å². The van der Waals surface area contributed by atoms with E-state index in [0.717, 1.165) is 6.42 Å². The van der Waals surface area contributed by atoms with E-state index in [0.29, 0.717) is 6.42 Å². The van der Waals surface area contributed by atoms with Crippen molar-refractivity contribution in [3.05, 3.63) is 0 Å². The molecule has 18 heavy (non-hydrogen) atoms. The van der Waals surface area contributed by atoms with Crippen molar-refractivity contribution in [2.24, 2.45) is 5.41 Å². The summed E-state index contributed by atoms with van der Waals surface area (Å²) >= 11 is 11.2. The van der Waals surface area contributed by atoms with Gasteiger partial charge in [0.25, 0.3) is 0 Å². The Labute approximate surface area is 118 Å². The Morgan fingerprint density at radius 1 is 1.28 bits per heavy atom. The van der Waals surface area contributed by atoms with Crippen LogP contribution in [0, 0.1) is 5.41 Å². The van der Waals surface area contributed by atoms with Crippen LogP contribution < -0.4 is 0 Å². The first-order valence-electron chi connectivity index (χ1n) is 6.01. The second-order valence-electron chi connectivity index (χ2n) is 4.27. The van der Waals surface area contributed by atoms with Gasteiger partial charge in [-0.3, -0.25) is 9.59 Å². The van der Waals surface area contributed by atoms with Crippen LogP contribution in [0.25, 0.3) is 0 Å². The number of hydrogen-bond donors (Lipinski definition) is 1. The molecule has 0 aromatic rings. The maximum atomic E-state index is 12.1. The van der Waals surface area contributed by atoms with Gasteiger partial charge in [-0.1, -0.05) is 13.3 Å². The average Bonchev–Trinajstić information content (AvgIpc) is 2.28. The molecule has 0 saturated heterocycles. The SMILES string of the molecule is CCCC(C)OC(=O)C(CCCl)(CCCl)C(=O)O. The summed E-state index contributed by atoms with van der Waals surface area (Å²) in [7, 11) is 0. The van der Waals surface area contributed by atoms with Crippen LogP contribution in [-0.2, 0) is 14.3 Å². The summed E-state index contributed by atoms with van der Waals surface area (Å²) in [4.78, 5) is 23.4. The lowest BCUT2D eigenvalue weighted by molar-refractivity contribution is -0.172. The molecule has 4 nitrogen and oxygen atoms in total. The second kappa shape index (κ2) is 8.59. The number of carbonyl (C=O) groups excluding carboxylic acids is 1. The standard InChI is InChI=1S/C12H20Cl2O4/c1-3-4-9(2)18-11(17)12(5-7-13,6-8-14)10(15)16/h9H,3-8H2,1-2H3,(H,15,16). The normalized spacial score (nSPS) is 13.1. The van der Waals surface area contributed by atoms with Crippen LogP contribution >= 0.6 is 23.2 Å². The molecular weight excluding hydrogens is 279 g/mol. The number of carboxylic acid groups (broad SMARTS) is 1. The summed E-state index contributed by atoms with van der Waals surface area (Å²) in [6.07, 6.45) is 1.30. The Morgan fingerprint density at radius 2 is 1.78 bits per heavy atom. The molecule has 0 spiro atoms. The monoisotopic (exact) mass is 298 g/mol. The first-order chi connectivity index (χ1) is 8.44. The van der Waals surface area contributed by atoms with E-state index in [1.807, 2.05) is 6.92 Å². The summed E-state index contributed by atoms with van der Waals surface area (Å²) in [5.41, 5.74) is -1.62. The first-order valence-corrected chi connectivity index (χ1v) is 7.08. The van der Waals surface area contributed by atoms with E-state index in [1.165, 1.54) is 0 Å². The highest BCUT2D eigenvalue weighted by molar-refractivity contribution is 6.19. The number of ether oxygens (including phenoxy) is 1. The van der Waals surface area contributed by atoms with Crippen molar-refractivity contribution in [3.8, 4) is 0 Å². The number of hydrogen-bond acceptors (Lipinski definition) is 3. The number of alkyl halides is 2. The van der Waals surface area contributed by atoms with E-state index >= 15 is 0 Å². The first kappa shape index (κ1) is 17.5. The number of halogens is 2. The third kappa shape index (κ3) is 4.65. The Kier molecular flexibility index (Phi) is 8.36. The smallest absolute Gasteiger partial charge is 0.323 e. The molecule has 6 heteroatoms. The summed E-state index contributed by atoms with van der Waals surface area (Å²) in [6, 6.07) is 0. The molecule has 0 rings (SSSR count). The minimum absolute atomic E-state index is 0.0221. The largest absolute Gasteiger partial charge is 0.480 e. The van der Waals surface area contributed by atoms with Gasteiger partial charge >= 0.3 is 11.9 Å². The summed E-state index contributed by atoms with van der Waals surface area (Å²) in [5, 5.41) is 9.28. The van der Waals surface area contributed by atoms with Crippen molar-refractivity contribution in [1.29, 1.82) is 0 Å². The fourth-order valence-corrected chi connectivity index (χ4v) is 2.36. The lowest BCUT2D eigenvalue weighted by Gasteiger charge is -2.27. The van der Waals surface area contributed by atoms with Gasteiger partial charge in [0.2, 0.25) is 0 Å². The van der Waals surface area contributed by atoms with E-state index < -0.39 is 17.4 Å². The molecule has 0 aromatic carbocycles. The fourth-order valence-electron chi connectivity index (χ4n) is 1.71. The number of rotatable bonds is 9. The highest BCUT2D eigenvalue weighted by atomic mass is 35.5. The quantitative estimate of drug-likeness (QED) is 0.404. The van der Waals surface area contributed by atoms with E-state index in [4.69, 9.17) is 27.9 Å². The van der Waals surface area contributed by atoms with Gasteiger partial charge in [0.1, 0.15) is 0 Å². The predicted octanol–water partition coefficient (Wildman–Crippen LogP) is 3.05. The Morgan fingerprint density at radius 3 is 2.11 bits per heavy atom. The van der Waals surface area contributed by atoms with Gasteiger partial charge in [0.15, 0.2) is 5.41 Å². The molecule has 0 amide bonds. The minimum Gasteiger partial charge on any atom is -0.480 e. The molecule has 0 bridgehead atoms. The summed E-state index contributed by atoms with van der Waals surface area (Å²) in [5.74, 6) is -1.82. The average molecular weight is 299 g/mol. The molecule has 0 aliphatic heterocycles. The van der Waals surface area contributed by atoms with Gasteiger partial charge in [-0.05, 0) is 26.2 Å². The summed E-state index contributed by atoms with van der Waals surface area (Å²) in [6.45, 7) is 3.71. The van der Waals surface area contributed by atoms with Crippen molar-refractivity contribution in [1.82, 2.24) is 0 Å². The Balaban J connectivity index is 4.93. The molecule has 1 N–H and O–H groups in total. The van der Waals surface area contributed by atoms with Crippen LogP contribution in [0.5, 0.6) is 0 Å². The zero-order valence-corrected chi connectivity index (χ0v) is 12.3. The summed E-state index contributed by atoms with van der Waals surface area (Å²) < 4.78 is 5.19. The van der Waals surface area contributed by atoms with Crippen LogP contribution in [0.1, 0.15) is 39.5 Å². The fraction of sp³-hybridized carbons (Fsp3) is 0.833. The molecule has 0 aliphatic carbocycles. The van der Waals surface area contributed by atoms with Crippen molar-refractivity contribution in [2.75, 3.05) is 11.8 Å². The van der Waals surface area contributed by atoms with Crippen molar-refractivity contribution >= 4 is 35.1 Å². The molecule has 0 saturated carbocycles. The number of carboxylic acids is 1. The maximum absolute atomic E-state index is 12.1. The molecule has 106 valence electrons. The van der Waals surface area contributed by atoms with Gasteiger partial charge in [-0.25, -0.2) is 0 Å². The highest BCUT2D eigenvalue weighted by Gasteiger charge is 2.47. The number of aliphatic carboxylic acids is 1. The Bertz CT molecular complexity index is 275. The van der Waals surface area contributed by atoms with Crippen LogP contribution in [-0.4, -0.2) is 34.9 Å². The zero-order valence-electron chi connectivity index (χ0n) is 10.7. The van der Waals surface area contributed by atoms with E-state index in [-0.39, 0.29) is 30.7 Å².